The number of benzene rings is 2. The van der Waals surface area contributed by atoms with Crippen molar-refractivity contribution in [1.82, 2.24) is 4.98 Å². The quantitative estimate of drug-likeness (QED) is 0.578. The second kappa shape index (κ2) is 9.36. The Morgan fingerprint density at radius 1 is 1.27 bits per heavy atom. The largest absolute Gasteiger partial charge is 0.490 e. The van der Waals surface area contributed by atoms with Crippen LogP contribution < -0.4 is 10.1 Å². The highest BCUT2D eigenvalue weighted by Gasteiger charge is 2.19. The summed E-state index contributed by atoms with van der Waals surface area (Å²) < 4.78 is 24.6. The van der Waals surface area contributed by atoms with Gasteiger partial charge in [0.2, 0.25) is 0 Å². The van der Waals surface area contributed by atoms with E-state index in [0.717, 1.165) is 35.6 Å². The number of hydrogen-bond acceptors (Lipinski definition) is 5. The van der Waals surface area contributed by atoms with Gasteiger partial charge in [0.05, 0.1) is 17.4 Å². The Kier molecular flexibility index (Phi) is 6.40. The van der Waals surface area contributed by atoms with Crippen molar-refractivity contribution >= 4 is 22.4 Å². The zero-order valence-corrected chi connectivity index (χ0v) is 17.5. The molecule has 1 N–H and O–H groups in total. The molecular weight excluding hydrogens is 403 g/mol. The Balaban J connectivity index is 1.43. The van der Waals surface area contributed by atoms with E-state index < -0.39 is 0 Å². The van der Waals surface area contributed by atoms with Crippen LogP contribution in [0.15, 0.2) is 48.5 Å². The van der Waals surface area contributed by atoms with Crippen molar-refractivity contribution in [2.24, 2.45) is 0 Å². The molecule has 7 heteroatoms. The molecule has 0 aliphatic carbocycles. The van der Waals surface area contributed by atoms with Crippen LogP contribution in [0, 0.1) is 12.7 Å². The molecule has 1 saturated heterocycles. The molecule has 4 rings (SSSR count). The average molecular weight is 427 g/mol. The first kappa shape index (κ1) is 20.5. The Bertz CT molecular complexity index is 1010. The first-order valence-corrected chi connectivity index (χ1v) is 10.8. The Morgan fingerprint density at radius 2 is 2.07 bits per heavy atom. The van der Waals surface area contributed by atoms with Gasteiger partial charge < -0.3 is 9.47 Å². The number of carbonyl (C=O) groups is 1. The van der Waals surface area contributed by atoms with E-state index in [1.807, 2.05) is 13.0 Å². The molecular formula is C23H23FN2O3S. The van der Waals surface area contributed by atoms with Gasteiger partial charge in [-0.3, -0.25) is 10.1 Å². The van der Waals surface area contributed by atoms with E-state index in [4.69, 9.17) is 9.47 Å². The number of thiazole rings is 1. The lowest BCUT2D eigenvalue weighted by Crippen LogP contribution is -2.19. The number of carbonyl (C=O) groups excluding carboxylic acids is 1. The third kappa shape index (κ3) is 5.04. The van der Waals surface area contributed by atoms with Gasteiger partial charge >= 0.3 is 0 Å². The van der Waals surface area contributed by atoms with E-state index >= 15 is 0 Å². The fraction of sp³-hybridized carbons (Fsp3) is 0.304. The summed E-state index contributed by atoms with van der Waals surface area (Å²) in [5.74, 6) is 0.0124. The molecule has 1 atom stereocenters. The minimum Gasteiger partial charge on any atom is -0.490 e. The number of amides is 1. The monoisotopic (exact) mass is 426 g/mol. The molecule has 1 aliphatic heterocycles. The predicted octanol–water partition coefficient (Wildman–Crippen LogP) is 4.99. The first-order chi connectivity index (χ1) is 14.6. The van der Waals surface area contributed by atoms with Gasteiger partial charge in [0.15, 0.2) is 5.13 Å². The lowest BCUT2D eigenvalue weighted by Gasteiger charge is -2.14. The van der Waals surface area contributed by atoms with Crippen molar-refractivity contribution in [1.29, 1.82) is 0 Å². The summed E-state index contributed by atoms with van der Waals surface area (Å²) in [6, 6.07) is 13.6. The number of nitrogens with one attached hydrogen (secondary N) is 1. The number of anilines is 1. The van der Waals surface area contributed by atoms with Crippen LogP contribution in [-0.2, 0) is 11.2 Å². The minimum absolute atomic E-state index is 0.0803. The summed E-state index contributed by atoms with van der Waals surface area (Å²) >= 11 is 1.42. The number of ether oxygens (including phenoxy) is 2. The fourth-order valence-corrected chi connectivity index (χ4v) is 4.33. The normalized spacial score (nSPS) is 15.9. The first-order valence-electron chi connectivity index (χ1n) is 9.94. The van der Waals surface area contributed by atoms with Crippen LogP contribution in [0.4, 0.5) is 9.52 Å². The number of rotatable bonds is 7. The summed E-state index contributed by atoms with van der Waals surface area (Å²) in [4.78, 5) is 18.4. The van der Waals surface area contributed by atoms with Gasteiger partial charge in [0, 0.05) is 17.9 Å². The molecule has 30 heavy (non-hydrogen) atoms. The Labute approximate surface area is 178 Å². The number of aryl methyl sites for hydroxylation is 1. The van der Waals surface area contributed by atoms with Crippen molar-refractivity contribution in [2.45, 2.75) is 32.3 Å². The van der Waals surface area contributed by atoms with Crippen molar-refractivity contribution < 1.29 is 18.7 Å². The van der Waals surface area contributed by atoms with E-state index in [9.17, 15) is 9.18 Å². The fourth-order valence-electron chi connectivity index (χ4n) is 3.34. The topological polar surface area (TPSA) is 60.5 Å². The number of nitrogens with zero attached hydrogens (tertiary/aromatic N) is 1. The number of hydrogen-bond donors (Lipinski definition) is 1. The van der Waals surface area contributed by atoms with E-state index in [0.29, 0.717) is 29.5 Å². The van der Waals surface area contributed by atoms with Crippen molar-refractivity contribution in [2.75, 3.05) is 18.5 Å². The molecule has 1 aromatic heterocycles. The van der Waals surface area contributed by atoms with E-state index in [1.54, 1.807) is 30.3 Å². The van der Waals surface area contributed by atoms with Gasteiger partial charge in [-0.05, 0) is 49.6 Å². The molecule has 1 fully saturated rings. The van der Waals surface area contributed by atoms with Crippen LogP contribution >= 0.6 is 11.3 Å². The lowest BCUT2D eigenvalue weighted by molar-refractivity contribution is 0.0673. The number of para-hydroxylation sites is 1. The molecule has 1 unspecified atom stereocenters. The maximum Gasteiger partial charge on any atom is 0.261 e. The maximum atomic E-state index is 13.1. The van der Waals surface area contributed by atoms with Gasteiger partial charge in [-0.15, -0.1) is 11.3 Å². The predicted molar refractivity (Wildman–Crippen MR) is 115 cm³/mol. The van der Waals surface area contributed by atoms with Crippen molar-refractivity contribution in [3.63, 3.8) is 0 Å². The molecule has 1 aliphatic rings. The van der Waals surface area contributed by atoms with Crippen LogP contribution in [0.25, 0.3) is 0 Å². The molecule has 0 spiro atoms. The van der Waals surface area contributed by atoms with Gasteiger partial charge in [-0.25, -0.2) is 9.37 Å². The smallest absolute Gasteiger partial charge is 0.261 e. The standard InChI is InChI=1S/C23H23FN2O3S/c1-15-21(13-16-8-10-17(24)11-9-16)30-23(25-15)26-22(27)19-6-2-3-7-20(19)29-14-18-5-4-12-28-18/h2-3,6-11,18H,4-5,12-14H2,1H3,(H,25,26,27). The van der Waals surface area contributed by atoms with Crippen LogP contribution in [0.5, 0.6) is 5.75 Å². The summed E-state index contributed by atoms with van der Waals surface area (Å²) in [7, 11) is 0. The molecule has 2 heterocycles. The maximum absolute atomic E-state index is 13.1. The van der Waals surface area contributed by atoms with E-state index in [1.165, 1.54) is 23.5 Å². The highest BCUT2D eigenvalue weighted by molar-refractivity contribution is 7.15. The Hall–Kier alpha value is -2.77. The molecule has 0 bridgehead atoms. The number of halogens is 1. The van der Waals surface area contributed by atoms with Crippen LogP contribution in [-0.4, -0.2) is 30.2 Å². The summed E-state index contributed by atoms with van der Waals surface area (Å²) in [6.45, 7) is 3.10. The zero-order chi connectivity index (χ0) is 20.9. The summed E-state index contributed by atoms with van der Waals surface area (Å²) in [6.07, 6.45) is 2.74. The molecule has 156 valence electrons. The molecule has 1 amide bonds. The second-order valence-corrected chi connectivity index (χ2v) is 8.31. The van der Waals surface area contributed by atoms with Crippen LogP contribution in [0.2, 0.25) is 0 Å². The lowest BCUT2D eigenvalue weighted by atomic mass is 10.1. The molecule has 0 radical (unpaired) electrons. The SMILES string of the molecule is Cc1nc(NC(=O)c2ccccc2OCC2CCCO2)sc1Cc1ccc(F)cc1. The second-order valence-electron chi connectivity index (χ2n) is 7.23. The average Bonchev–Trinajstić information content (AvgIpc) is 3.38. The minimum atomic E-state index is -0.264. The van der Waals surface area contributed by atoms with Gasteiger partial charge in [-0.2, -0.15) is 0 Å². The van der Waals surface area contributed by atoms with Gasteiger partial charge in [0.1, 0.15) is 18.2 Å². The molecule has 5 nitrogen and oxygen atoms in total. The van der Waals surface area contributed by atoms with Crippen LogP contribution in [0.1, 0.15) is 39.3 Å². The highest BCUT2D eigenvalue weighted by atomic mass is 32.1. The van der Waals surface area contributed by atoms with E-state index in [2.05, 4.69) is 10.3 Å². The summed E-state index contributed by atoms with van der Waals surface area (Å²) in [5.41, 5.74) is 2.31. The van der Waals surface area contributed by atoms with E-state index in [-0.39, 0.29) is 17.8 Å². The van der Waals surface area contributed by atoms with Crippen molar-refractivity contribution in [3.8, 4) is 5.75 Å². The van der Waals surface area contributed by atoms with Gasteiger partial charge in [0.25, 0.3) is 5.91 Å². The highest BCUT2D eigenvalue weighted by Crippen LogP contribution is 2.27. The van der Waals surface area contributed by atoms with Crippen LogP contribution in [0.3, 0.4) is 0 Å². The summed E-state index contributed by atoms with van der Waals surface area (Å²) in [5, 5.41) is 3.41. The third-order valence-electron chi connectivity index (χ3n) is 4.97. The van der Waals surface area contributed by atoms with Gasteiger partial charge in [-0.1, -0.05) is 24.3 Å². The zero-order valence-electron chi connectivity index (χ0n) is 16.7. The third-order valence-corrected chi connectivity index (χ3v) is 6.04. The Morgan fingerprint density at radius 3 is 2.83 bits per heavy atom. The molecule has 3 aromatic rings. The molecule has 2 aromatic carbocycles. The van der Waals surface area contributed by atoms with Crippen molar-refractivity contribution in [3.05, 3.63) is 76.0 Å². The number of aromatic nitrogens is 1. The molecule has 0 saturated carbocycles.